The van der Waals surface area contributed by atoms with Crippen LogP contribution in [0.15, 0.2) is 40.6 Å². The first-order chi connectivity index (χ1) is 11.0. The molecule has 3 aromatic rings. The Hall–Kier alpha value is -2.87. The second-order valence-electron chi connectivity index (χ2n) is 4.72. The summed E-state index contributed by atoms with van der Waals surface area (Å²) in [6.07, 6.45) is 0.744. The van der Waals surface area contributed by atoms with E-state index < -0.39 is 17.4 Å². The Balaban J connectivity index is 1.86. The van der Waals surface area contributed by atoms with Crippen LogP contribution >= 0.6 is 11.3 Å². The van der Waals surface area contributed by atoms with E-state index in [4.69, 9.17) is 0 Å². The number of hydrogen-bond donors (Lipinski definition) is 2. The van der Waals surface area contributed by atoms with Crippen LogP contribution in [-0.2, 0) is 0 Å². The summed E-state index contributed by atoms with van der Waals surface area (Å²) in [6, 6.07) is 7.67. The number of hydrogen-bond acceptors (Lipinski definition) is 5. The van der Waals surface area contributed by atoms with Crippen molar-refractivity contribution in [2.45, 2.75) is 6.92 Å². The molecule has 0 aliphatic heterocycles. The van der Waals surface area contributed by atoms with Crippen LogP contribution < -0.4 is 11.0 Å². The van der Waals surface area contributed by atoms with Crippen LogP contribution in [0.3, 0.4) is 0 Å². The largest absolute Gasteiger partial charge is 0.346 e. The van der Waals surface area contributed by atoms with Crippen LogP contribution in [0.2, 0.25) is 0 Å². The van der Waals surface area contributed by atoms with Crippen molar-refractivity contribution in [2.75, 3.05) is 5.32 Å². The summed E-state index contributed by atoms with van der Waals surface area (Å²) in [7, 11) is 0. The number of nitrogens with one attached hydrogen (secondary N) is 2. The summed E-state index contributed by atoms with van der Waals surface area (Å²) in [6.45, 7) is 1.95. The molecule has 2 aromatic heterocycles. The number of aromatic amines is 1. The topological polar surface area (TPSA) is 87.7 Å². The highest BCUT2D eigenvalue weighted by molar-refractivity contribution is 7.13. The van der Waals surface area contributed by atoms with E-state index in [2.05, 4.69) is 20.3 Å². The van der Waals surface area contributed by atoms with Gasteiger partial charge in [0.1, 0.15) is 10.7 Å². The molecule has 1 amide bonds. The van der Waals surface area contributed by atoms with Crippen molar-refractivity contribution in [1.82, 2.24) is 15.0 Å². The Labute approximate surface area is 134 Å². The Morgan fingerprint density at radius 2 is 2.13 bits per heavy atom. The fourth-order valence-electron chi connectivity index (χ4n) is 1.96. The van der Waals surface area contributed by atoms with Gasteiger partial charge in [0.15, 0.2) is 11.6 Å². The van der Waals surface area contributed by atoms with Gasteiger partial charge in [-0.1, -0.05) is 24.3 Å². The van der Waals surface area contributed by atoms with Gasteiger partial charge in [-0.3, -0.25) is 9.78 Å². The molecule has 0 unspecified atom stereocenters. The number of aromatic nitrogens is 3. The Morgan fingerprint density at radius 1 is 1.35 bits per heavy atom. The van der Waals surface area contributed by atoms with Gasteiger partial charge in [0.2, 0.25) is 0 Å². The molecule has 0 aliphatic carbocycles. The predicted octanol–water partition coefficient (Wildman–Crippen LogP) is 2.59. The van der Waals surface area contributed by atoms with E-state index in [1.54, 1.807) is 5.38 Å². The van der Waals surface area contributed by atoms with Crippen molar-refractivity contribution in [3.63, 3.8) is 0 Å². The quantitative estimate of drug-likeness (QED) is 0.772. The lowest BCUT2D eigenvalue weighted by atomic mass is 10.1. The molecular formula is C15H11FN4O2S. The molecule has 8 heteroatoms. The summed E-state index contributed by atoms with van der Waals surface area (Å²) >= 11 is 1.31. The number of benzene rings is 1. The maximum Gasteiger partial charge on any atom is 0.346 e. The molecule has 0 bridgehead atoms. The normalized spacial score (nSPS) is 10.5. The molecule has 2 heterocycles. The minimum absolute atomic E-state index is 0.144. The number of amides is 1. The number of carbonyl (C=O) groups excluding carboxylic acids is 1. The summed E-state index contributed by atoms with van der Waals surface area (Å²) in [4.78, 5) is 32.8. The third-order valence-electron chi connectivity index (χ3n) is 3.12. The highest BCUT2D eigenvalue weighted by Crippen LogP contribution is 2.26. The van der Waals surface area contributed by atoms with Crippen LogP contribution in [0.4, 0.5) is 10.2 Å². The lowest BCUT2D eigenvalue weighted by molar-refractivity contribution is 0.102. The number of carbonyl (C=O) groups is 1. The molecular weight excluding hydrogens is 319 g/mol. The SMILES string of the molecule is Cc1ccccc1-c1nc(C(=O)Nc2[nH]c(=O)ncc2F)cs1. The van der Waals surface area contributed by atoms with E-state index in [0.717, 1.165) is 17.3 Å². The van der Waals surface area contributed by atoms with Crippen molar-refractivity contribution >= 4 is 23.1 Å². The van der Waals surface area contributed by atoms with Gasteiger partial charge in [-0.2, -0.15) is 4.98 Å². The fraction of sp³-hybridized carbons (Fsp3) is 0.0667. The summed E-state index contributed by atoms with van der Waals surface area (Å²) in [5.41, 5.74) is 1.37. The summed E-state index contributed by atoms with van der Waals surface area (Å²) in [5.74, 6) is -1.77. The number of anilines is 1. The third-order valence-corrected chi connectivity index (χ3v) is 3.99. The standard InChI is InChI=1S/C15H11FN4O2S/c1-8-4-2-3-5-9(8)14-18-11(7-23-14)13(21)19-12-10(16)6-17-15(22)20-12/h2-7H,1H3,(H2,17,19,20,21,22). The average Bonchev–Trinajstić information content (AvgIpc) is 3.01. The number of H-pyrrole nitrogens is 1. The molecule has 2 N–H and O–H groups in total. The van der Waals surface area contributed by atoms with Crippen LogP contribution in [0.25, 0.3) is 10.6 Å². The minimum Gasteiger partial charge on any atom is -0.304 e. The van der Waals surface area contributed by atoms with Crippen molar-refractivity contribution in [1.29, 1.82) is 0 Å². The van der Waals surface area contributed by atoms with Crippen LogP contribution in [-0.4, -0.2) is 20.9 Å². The van der Waals surface area contributed by atoms with Gasteiger partial charge in [-0.15, -0.1) is 11.3 Å². The second kappa shape index (κ2) is 6.09. The zero-order chi connectivity index (χ0) is 16.4. The highest BCUT2D eigenvalue weighted by atomic mass is 32.1. The van der Waals surface area contributed by atoms with Gasteiger partial charge >= 0.3 is 5.69 Å². The first-order valence-corrected chi connectivity index (χ1v) is 7.50. The molecule has 0 aliphatic rings. The van der Waals surface area contributed by atoms with E-state index >= 15 is 0 Å². The summed E-state index contributed by atoms with van der Waals surface area (Å²) in [5, 5.41) is 4.55. The number of nitrogens with zero attached hydrogens (tertiary/aromatic N) is 2. The molecule has 0 fully saturated rings. The van der Waals surface area contributed by atoms with Crippen molar-refractivity contribution in [2.24, 2.45) is 0 Å². The molecule has 0 spiro atoms. The molecule has 0 saturated heterocycles. The minimum atomic E-state index is -0.827. The molecule has 1 aromatic carbocycles. The van der Waals surface area contributed by atoms with Crippen molar-refractivity contribution in [3.8, 4) is 10.6 Å². The molecule has 3 rings (SSSR count). The number of rotatable bonds is 3. The van der Waals surface area contributed by atoms with Gasteiger partial charge in [0.25, 0.3) is 5.91 Å². The zero-order valence-electron chi connectivity index (χ0n) is 12.0. The first kappa shape index (κ1) is 15.0. The fourth-order valence-corrected chi connectivity index (χ4v) is 2.85. The maximum atomic E-state index is 13.5. The Morgan fingerprint density at radius 3 is 2.91 bits per heavy atom. The molecule has 0 atom stereocenters. The second-order valence-corrected chi connectivity index (χ2v) is 5.58. The van der Waals surface area contributed by atoms with Gasteiger partial charge in [0, 0.05) is 10.9 Å². The number of thiazole rings is 1. The molecule has 0 saturated carbocycles. The van der Waals surface area contributed by atoms with Gasteiger partial charge in [0.05, 0.1) is 6.20 Å². The highest BCUT2D eigenvalue weighted by Gasteiger charge is 2.15. The average molecular weight is 330 g/mol. The van der Waals surface area contributed by atoms with E-state index in [0.29, 0.717) is 5.01 Å². The van der Waals surface area contributed by atoms with Crippen molar-refractivity contribution in [3.05, 3.63) is 63.4 Å². The van der Waals surface area contributed by atoms with Crippen LogP contribution in [0, 0.1) is 12.7 Å². The molecule has 6 nitrogen and oxygen atoms in total. The van der Waals surface area contributed by atoms with E-state index in [-0.39, 0.29) is 11.5 Å². The lowest BCUT2D eigenvalue weighted by Gasteiger charge is -2.03. The smallest absolute Gasteiger partial charge is 0.304 e. The monoisotopic (exact) mass is 330 g/mol. The van der Waals surface area contributed by atoms with E-state index in [1.807, 2.05) is 31.2 Å². The van der Waals surface area contributed by atoms with Gasteiger partial charge in [-0.05, 0) is 12.5 Å². The van der Waals surface area contributed by atoms with E-state index in [1.165, 1.54) is 11.3 Å². The Kier molecular flexibility index (Phi) is 3.98. The van der Waals surface area contributed by atoms with Crippen molar-refractivity contribution < 1.29 is 9.18 Å². The molecule has 116 valence electrons. The predicted molar refractivity (Wildman–Crippen MR) is 85.1 cm³/mol. The lowest BCUT2D eigenvalue weighted by Crippen LogP contribution is -2.19. The maximum absolute atomic E-state index is 13.5. The van der Waals surface area contributed by atoms with Gasteiger partial charge < -0.3 is 5.32 Å². The van der Waals surface area contributed by atoms with Crippen LogP contribution in [0.1, 0.15) is 16.1 Å². The van der Waals surface area contributed by atoms with Crippen LogP contribution in [0.5, 0.6) is 0 Å². The first-order valence-electron chi connectivity index (χ1n) is 6.62. The Bertz CT molecular complexity index is 935. The number of aryl methyl sites for hydroxylation is 1. The number of halogens is 1. The zero-order valence-corrected chi connectivity index (χ0v) is 12.8. The van der Waals surface area contributed by atoms with Gasteiger partial charge in [-0.25, -0.2) is 14.2 Å². The molecule has 0 radical (unpaired) electrons. The third kappa shape index (κ3) is 3.16. The summed E-state index contributed by atoms with van der Waals surface area (Å²) < 4.78 is 13.5. The van der Waals surface area contributed by atoms with E-state index in [9.17, 15) is 14.0 Å². The molecule has 23 heavy (non-hydrogen) atoms.